The van der Waals surface area contributed by atoms with Crippen molar-refractivity contribution in [3.8, 4) is 6.07 Å². The third kappa shape index (κ3) is 2.21. The lowest BCUT2D eigenvalue weighted by molar-refractivity contribution is 0.557. The van der Waals surface area contributed by atoms with Gasteiger partial charge in [-0.1, -0.05) is 0 Å². The molecule has 1 N–H and O–H groups in total. The number of sulfonamides is 1. The molecule has 0 unspecified atom stereocenters. The van der Waals surface area contributed by atoms with E-state index >= 15 is 0 Å². The standard InChI is InChI=1S/C10H11N3O2S/c1-10(4-5-10)13-16(14,15)9-3-2-8(6-11)12-7-9/h2-3,7,13H,4-5H2,1H3. The highest BCUT2D eigenvalue weighted by atomic mass is 32.2. The Kier molecular flexibility index (Phi) is 2.45. The van der Waals surface area contributed by atoms with Crippen molar-refractivity contribution in [1.82, 2.24) is 9.71 Å². The summed E-state index contributed by atoms with van der Waals surface area (Å²) >= 11 is 0. The molecule has 5 nitrogen and oxygen atoms in total. The van der Waals surface area contributed by atoms with Gasteiger partial charge in [-0.3, -0.25) is 0 Å². The summed E-state index contributed by atoms with van der Waals surface area (Å²) in [5.74, 6) is 0. The molecule has 0 spiro atoms. The molecular formula is C10H11N3O2S. The first-order valence-corrected chi connectivity index (χ1v) is 6.34. The molecular weight excluding hydrogens is 226 g/mol. The van der Waals surface area contributed by atoms with Crippen LogP contribution in [-0.2, 0) is 10.0 Å². The van der Waals surface area contributed by atoms with E-state index in [1.54, 1.807) is 0 Å². The van der Waals surface area contributed by atoms with E-state index in [1.807, 2.05) is 13.0 Å². The molecule has 1 fully saturated rings. The van der Waals surface area contributed by atoms with Gasteiger partial charge in [-0.25, -0.2) is 18.1 Å². The Labute approximate surface area is 94.2 Å². The maximum atomic E-state index is 11.9. The summed E-state index contributed by atoms with van der Waals surface area (Å²) in [5, 5.41) is 8.55. The number of rotatable bonds is 3. The number of nitrogens with zero attached hydrogens (tertiary/aromatic N) is 2. The molecule has 1 heterocycles. The second-order valence-corrected chi connectivity index (χ2v) is 5.84. The van der Waals surface area contributed by atoms with Gasteiger partial charge in [0.15, 0.2) is 0 Å². The molecule has 0 radical (unpaired) electrons. The zero-order valence-electron chi connectivity index (χ0n) is 8.77. The SMILES string of the molecule is CC1(NS(=O)(=O)c2ccc(C#N)nc2)CC1. The molecule has 6 heteroatoms. The fourth-order valence-corrected chi connectivity index (χ4v) is 2.69. The summed E-state index contributed by atoms with van der Waals surface area (Å²) in [5.41, 5.74) is -0.0937. The second kappa shape index (κ2) is 3.54. The summed E-state index contributed by atoms with van der Waals surface area (Å²) < 4.78 is 26.3. The van der Waals surface area contributed by atoms with Crippen LogP contribution in [0, 0.1) is 11.3 Å². The van der Waals surface area contributed by atoms with Crippen molar-refractivity contribution in [1.29, 1.82) is 5.26 Å². The van der Waals surface area contributed by atoms with E-state index in [4.69, 9.17) is 5.26 Å². The third-order valence-electron chi connectivity index (χ3n) is 2.54. The monoisotopic (exact) mass is 237 g/mol. The molecule has 84 valence electrons. The maximum absolute atomic E-state index is 11.9. The first kappa shape index (κ1) is 11.0. The zero-order valence-corrected chi connectivity index (χ0v) is 9.58. The molecule has 1 aliphatic carbocycles. The van der Waals surface area contributed by atoms with Crippen molar-refractivity contribution in [2.45, 2.75) is 30.2 Å². The molecule has 1 aliphatic rings. The van der Waals surface area contributed by atoms with E-state index in [0.29, 0.717) is 0 Å². The fourth-order valence-electron chi connectivity index (χ4n) is 1.28. The molecule has 16 heavy (non-hydrogen) atoms. The van der Waals surface area contributed by atoms with E-state index in [-0.39, 0.29) is 16.1 Å². The van der Waals surface area contributed by atoms with Gasteiger partial charge in [0.1, 0.15) is 16.7 Å². The first-order chi connectivity index (χ1) is 7.45. The number of nitriles is 1. The van der Waals surface area contributed by atoms with E-state index < -0.39 is 10.0 Å². The minimum atomic E-state index is -3.50. The molecule has 0 bridgehead atoms. The Bertz CT molecular complexity index is 538. The highest BCUT2D eigenvalue weighted by Gasteiger charge is 2.41. The number of hydrogen-bond acceptors (Lipinski definition) is 4. The maximum Gasteiger partial charge on any atom is 0.242 e. The van der Waals surface area contributed by atoms with Gasteiger partial charge in [0.25, 0.3) is 0 Å². The van der Waals surface area contributed by atoms with Gasteiger partial charge < -0.3 is 0 Å². The van der Waals surface area contributed by atoms with Gasteiger partial charge >= 0.3 is 0 Å². The lowest BCUT2D eigenvalue weighted by Gasteiger charge is -2.11. The minimum absolute atomic E-state index is 0.0969. The largest absolute Gasteiger partial charge is 0.244 e. The predicted octanol–water partition coefficient (Wildman–Crippen LogP) is 0.784. The fraction of sp³-hybridized carbons (Fsp3) is 0.400. The Hall–Kier alpha value is -1.45. The van der Waals surface area contributed by atoms with Gasteiger partial charge in [-0.15, -0.1) is 0 Å². The molecule has 1 aromatic rings. The van der Waals surface area contributed by atoms with Gasteiger partial charge in [0, 0.05) is 11.7 Å². The minimum Gasteiger partial charge on any atom is -0.244 e. The van der Waals surface area contributed by atoms with Crippen LogP contribution in [0.1, 0.15) is 25.5 Å². The number of pyridine rings is 1. The molecule has 1 aromatic heterocycles. The van der Waals surface area contributed by atoms with Crippen molar-refractivity contribution in [2.75, 3.05) is 0 Å². The van der Waals surface area contributed by atoms with Crippen LogP contribution >= 0.6 is 0 Å². The van der Waals surface area contributed by atoms with Crippen molar-refractivity contribution in [2.24, 2.45) is 0 Å². The van der Waals surface area contributed by atoms with Crippen LogP contribution < -0.4 is 4.72 Å². The van der Waals surface area contributed by atoms with Crippen molar-refractivity contribution < 1.29 is 8.42 Å². The quantitative estimate of drug-likeness (QED) is 0.842. The highest BCUT2D eigenvalue weighted by Crippen LogP contribution is 2.35. The molecule has 0 atom stereocenters. The normalized spacial score (nSPS) is 17.8. The van der Waals surface area contributed by atoms with Crippen LogP contribution in [-0.4, -0.2) is 18.9 Å². The lowest BCUT2D eigenvalue weighted by Crippen LogP contribution is -2.34. The molecule has 2 rings (SSSR count). The molecule has 0 aromatic carbocycles. The van der Waals surface area contributed by atoms with Gasteiger partial charge in [0.05, 0.1) is 0 Å². The van der Waals surface area contributed by atoms with Gasteiger partial charge in [-0.2, -0.15) is 5.26 Å². The Balaban J connectivity index is 2.26. The van der Waals surface area contributed by atoms with Crippen LogP contribution in [0.15, 0.2) is 23.2 Å². The summed E-state index contributed by atoms with van der Waals surface area (Å²) in [6.07, 6.45) is 2.92. The lowest BCUT2D eigenvalue weighted by atomic mass is 10.4. The number of hydrogen-bond donors (Lipinski definition) is 1. The van der Waals surface area contributed by atoms with E-state index in [0.717, 1.165) is 12.8 Å². The topological polar surface area (TPSA) is 82.9 Å². The van der Waals surface area contributed by atoms with Crippen LogP contribution in [0.5, 0.6) is 0 Å². The summed E-state index contributed by atoms with van der Waals surface area (Å²) in [7, 11) is -3.50. The van der Waals surface area contributed by atoms with E-state index in [2.05, 4.69) is 9.71 Å². The zero-order chi connectivity index (χ0) is 11.8. The average molecular weight is 237 g/mol. The summed E-state index contributed by atoms with van der Waals surface area (Å²) in [6, 6.07) is 4.62. The summed E-state index contributed by atoms with van der Waals surface area (Å²) in [4.78, 5) is 3.83. The predicted molar refractivity (Wildman–Crippen MR) is 56.9 cm³/mol. The smallest absolute Gasteiger partial charge is 0.242 e. The summed E-state index contributed by atoms with van der Waals surface area (Å²) in [6.45, 7) is 1.86. The second-order valence-electron chi connectivity index (χ2n) is 4.16. The Morgan fingerprint density at radius 3 is 2.62 bits per heavy atom. The van der Waals surface area contributed by atoms with Gasteiger partial charge in [0.2, 0.25) is 10.0 Å². The van der Waals surface area contributed by atoms with Crippen LogP contribution in [0.3, 0.4) is 0 Å². The van der Waals surface area contributed by atoms with Crippen LogP contribution in [0.4, 0.5) is 0 Å². The average Bonchev–Trinajstić information content (AvgIpc) is 2.95. The van der Waals surface area contributed by atoms with Crippen molar-refractivity contribution in [3.63, 3.8) is 0 Å². The van der Waals surface area contributed by atoms with E-state index in [1.165, 1.54) is 18.3 Å². The van der Waals surface area contributed by atoms with Crippen molar-refractivity contribution >= 4 is 10.0 Å². The first-order valence-electron chi connectivity index (χ1n) is 4.85. The molecule has 1 saturated carbocycles. The van der Waals surface area contributed by atoms with Crippen LogP contribution in [0.25, 0.3) is 0 Å². The van der Waals surface area contributed by atoms with Gasteiger partial charge in [-0.05, 0) is 31.9 Å². The number of nitrogens with one attached hydrogen (secondary N) is 1. The van der Waals surface area contributed by atoms with Crippen LogP contribution in [0.2, 0.25) is 0 Å². The molecule has 0 amide bonds. The molecule has 0 saturated heterocycles. The Morgan fingerprint density at radius 1 is 1.50 bits per heavy atom. The van der Waals surface area contributed by atoms with E-state index in [9.17, 15) is 8.42 Å². The Morgan fingerprint density at radius 2 is 2.19 bits per heavy atom. The van der Waals surface area contributed by atoms with Crippen molar-refractivity contribution in [3.05, 3.63) is 24.0 Å². The third-order valence-corrected chi connectivity index (χ3v) is 4.17. The number of aromatic nitrogens is 1. The highest BCUT2D eigenvalue weighted by molar-refractivity contribution is 7.89. The molecule has 0 aliphatic heterocycles.